The Bertz CT molecular complexity index is 1100. The molecule has 0 saturated heterocycles. The predicted molar refractivity (Wildman–Crippen MR) is 124 cm³/mol. The van der Waals surface area contributed by atoms with E-state index in [4.69, 9.17) is 10.00 Å². The highest BCUT2D eigenvalue weighted by Crippen LogP contribution is 2.50. The zero-order valence-electron chi connectivity index (χ0n) is 18.5. The number of pyridine rings is 1. The molecule has 1 fully saturated rings. The molecule has 3 aliphatic rings. The van der Waals surface area contributed by atoms with E-state index in [1.54, 1.807) is 19.2 Å². The number of hydrogen-bond donors (Lipinski definition) is 1. The number of nitriles is 1. The van der Waals surface area contributed by atoms with Crippen LogP contribution in [0.4, 0.5) is 11.5 Å². The number of carbonyl (C=O) groups is 1. The van der Waals surface area contributed by atoms with Gasteiger partial charge in [0.15, 0.2) is 0 Å². The summed E-state index contributed by atoms with van der Waals surface area (Å²) in [7, 11) is 0. The van der Waals surface area contributed by atoms with Crippen molar-refractivity contribution in [2.45, 2.75) is 45.2 Å². The molecule has 1 amide bonds. The molecular weight excluding hydrogens is 400 g/mol. The fraction of sp³-hybridized carbons (Fsp3) is 0.423. The van der Waals surface area contributed by atoms with Crippen LogP contribution in [-0.2, 0) is 9.53 Å². The molecule has 0 bridgehead atoms. The molecule has 6 nitrogen and oxygen atoms in total. The van der Waals surface area contributed by atoms with Crippen LogP contribution in [0.1, 0.15) is 55.8 Å². The molecule has 6 heteroatoms. The smallest absolute Gasteiger partial charge is 0.224 e. The number of amides is 1. The number of benzene rings is 1. The summed E-state index contributed by atoms with van der Waals surface area (Å²) >= 11 is 0. The molecule has 5 rings (SSSR count). The summed E-state index contributed by atoms with van der Waals surface area (Å²) in [6, 6.07) is 12.5. The van der Waals surface area contributed by atoms with Gasteiger partial charge in [0, 0.05) is 30.8 Å². The third-order valence-electron chi connectivity index (χ3n) is 6.96. The van der Waals surface area contributed by atoms with Crippen molar-refractivity contribution in [2.75, 3.05) is 23.4 Å². The van der Waals surface area contributed by atoms with Gasteiger partial charge in [0.25, 0.3) is 0 Å². The number of nitrogens with zero attached hydrogens (tertiary/aromatic N) is 3. The average Bonchev–Trinajstić information content (AvgIpc) is 3.66. The highest BCUT2D eigenvalue weighted by Gasteiger charge is 2.47. The third kappa shape index (κ3) is 3.78. The first-order valence-electron chi connectivity index (χ1n) is 11.4. The van der Waals surface area contributed by atoms with E-state index in [-0.39, 0.29) is 23.9 Å². The van der Waals surface area contributed by atoms with E-state index < -0.39 is 0 Å². The molecule has 2 aliphatic heterocycles. The van der Waals surface area contributed by atoms with Crippen LogP contribution < -0.4 is 10.2 Å². The monoisotopic (exact) mass is 428 g/mol. The highest BCUT2D eigenvalue weighted by atomic mass is 16.5. The van der Waals surface area contributed by atoms with E-state index in [0.29, 0.717) is 18.1 Å². The van der Waals surface area contributed by atoms with Crippen molar-refractivity contribution in [3.63, 3.8) is 0 Å². The van der Waals surface area contributed by atoms with Crippen molar-refractivity contribution in [3.05, 3.63) is 59.3 Å². The zero-order chi connectivity index (χ0) is 22.2. The van der Waals surface area contributed by atoms with Gasteiger partial charge in [-0.25, -0.2) is 4.98 Å². The summed E-state index contributed by atoms with van der Waals surface area (Å²) < 4.78 is 5.49. The number of rotatable bonds is 4. The Morgan fingerprint density at radius 1 is 1.28 bits per heavy atom. The van der Waals surface area contributed by atoms with Crippen LogP contribution in [0.15, 0.2) is 42.6 Å². The van der Waals surface area contributed by atoms with Gasteiger partial charge in [0.2, 0.25) is 5.91 Å². The third-order valence-corrected chi connectivity index (χ3v) is 6.96. The summed E-state index contributed by atoms with van der Waals surface area (Å²) in [4.78, 5) is 19.3. The minimum Gasteiger partial charge on any atom is -0.377 e. The summed E-state index contributed by atoms with van der Waals surface area (Å²) in [6.45, 7) is 5.29. The second-order valence-corrected chi connectivity index (χ2v) is 9.07. The lowest BCUT2D eigenvalue weighted by Crippen LogP contribution is -2.51. The van der Waals surface area contributed by atoms with Crippen LogP contribution in [0.5, 0.6) is 0 Å². The van der Waals surface area contributed by atoms with Crippen molar-refractivity contribution < 1.29 is 9.53 Å². The lowest BCUT2D eigenvalue weighted by atomic mass is 9.79. The summed E-state index contributed by atoms with van der Waals surface area (Å²) in [5.74, 6) is 1.60. The largest absolute Gasteiger partial charge is 0.377 e. The molecule has 164 valence electrons. The van der Waals surface area contributed by atoms with E-state index in [0.717, 1.165) is 30.1 Å². The highest BCUT2D eigenvalue weighted by molar-refractivity contribution is 5.94. The molecule has 1 aromatic heterocycles. The SMILES string of the molecule is CC(=O)N1c2ccc(C3=CCOCC3)cc2C(Nc2ccc(C#N)cn2)[C@@H](C)[C@@H]1C1CC1. The molecule has 32 heavy (non-hydrogen) atoms. The Hall–Kier alpha value is -3.17. The molecule has 1 saturated carbocycles. The van der Waals surface area contributed by atoms with Crippen LogP contribution in [0.25, 0.3) is 5.57 Å². The van der Waals surface area contributed by atoms with Crippen LogP contribution in [0.2, 0.25) is 0 Å². The summed E-state index contributed by atoms with van der Waals surface area (Å²) in [5, 5.41) is 12.7. The summed E-state index contributed by atoms with van der Waals surface area (Å²) in [5.41, 5.74) is 5.14. The molecule has 1 aromatic carbocycles. The van der Waals surface area contributed by atoms with E-state index in [2.05, 4.69) is 47.6 Å². The van der Waals surface area contributed by atoms with Crippen molar-refractivity contribution in [2.24, 2.45) is 11.8 Å². The lowest BCUT2D eigenvalue weighted by Gasteiger charge is -2.46. The quantitative estimate of drug-likeness (QED) is 0.764. The predicted octanol–water partition coefficient (Wildman–Crippen LogP) is 4.69. The fourth-order valence-electron chi connectivity index (χ4n) is 5.26. The molecular formula is C26H28N4O2. The molecule has 1 aliphatic carbocycles. The number of ether oxygens (including phenoxy) is 1. The van der Waals surface area contributed by atoms with Gasteiger partial charge in [0.05, 0.1) is 24.8 Å². The first-order valence-corrected chi connectivity index (χ1v) is 11.4. The maximum absolute atomic E-state index is 12.8. The number of aromatic nitrogens is 1. The van der Waals surface area contributed by atoms with E-state index >= 15 is 0 Å². The Kier molecular flexibility index (Phi) is 5.44. The van der Waals surface area contributed by atoms with Gasteiger partial charge in [-0.1, -0.05) is 19.1 Å². The Morgan fingerprint density at radius 3 is 2.75 bits per heavy atom. The molecule has 1 N–H and O–H groups in total. The number of nitrogens with one attached hydrogen (secondary N) is 1. The van der Waals surface area contributed by atoms with Crippen molar-refractivity contribution in [1.29, 1.82) is 5.26 Å². The fourth-order valence-corrected chi connectivity index (χ4v) is 5.26. The number of carbonyl (C=O) groups excluding carboxylic acids is 1. The van der Waals surface area contributed by atoms with Crippen LogP contribution >= 0.6 is 0 Å². The Morgan fingerprint density at radius 2 is 2.12 bits per heavy atom. The normalized spacial score (nSPS) is 24.8. The topological polar surface area (TPSA) is 78.2 Å². The second kappa shape index (κ2) is 8.40. The van der Waals surface area contributed by atoms with Gasteiger partial charge in [-0.05, 0) is 66.1 Å². The number of fused-ring (bicyclic) bond motifs is 1. The zero-order valence-corrected chi connectivity index (χ0v) is 18.5. The summed E-state index contributed by atoms with van der Waals surface area (Å²) in [6.07, 6.45) is 6.98. The van der Waals surface area contributed by atoms with Crippen LogP contribution in [-0.4, -0.2) is 30.1 Å². The van der Waals surface area contributed by atoms with E-state index in [1.807, 2.05) is 11.0 Å². The molecule has 0 radical (unpaired) electrons. The first-order chi connectivity index (χ1) is 15.6. The Balaban J connectivity index is 1.59. The molecule has 1 unspecified atom stereocenters. The van der Waals surface area contributed by atoms with Gasteiger partial charge >= 0.3 is 0 Å². The van der Waals surface area contributed by atoms with Gasteiger partial charge in [-0.15, -0.1) is 0 Å². The molecule has 3 atom stereocenters. The van der Waals surface area contributed by atoms with Gasteiger partial charge in [-0.2, -0.15) is 5.26 Å². The van der Waals surface area contributed by atoms with Crippen LogP contribution in [0.3, 0.4) is 0 Å². The Labute approximate surface area is 188 Å². The molecule has 0 spiro atoms. The standard InChI is InChI=1S/C26H28N4O2/c1-16-25(29-24-8-3-18(14-27)15-28-24)22-13-21(19-9-11-32-12-10-19)6-7-23(22)30(17(2)31)26(16)20-4-5-20/h3,6-9,13,15-16,20,25-26H,4-5,10-12H2,1-2H3,(H,28,29)/t16-,25?,26-/m1/s1. The maximum Gasteiger partial charge on any atom is 0.224 e. The number of anilines is 2. The van der Waals surface area contributed by atoms with Crippen molar-refractivity contribution in [1.82, 2.24) is 4.98 Å². The maximum atomic E-state index is 12.8. The first kappa shape index (κ1) is 20.7. The van der Waals surface area contributed by atoms with Gasteiger partial charge in [0.1, 0.15) is 11.9 Å². The second-order valence-electron chi connectivity index (χ2n) is 9.07. The molecule has 3 heterocycles. The number of hydrogen-bond acceptors (Lipinski definition) is 5. The van der Waals surface area contributed by atoms with Gasteiger partial charge < -0.3 is 15.0 Å². The average molecular weight is 429 g/mol. The minimum atomic E-state index is 0.0204. The van der Waals surface area contributed by atoms with Crippen LogP contribution in [0, 0.1) is 23.2 Å². The van der Waals surface area contributed by atoms with Crippen molar-refractivity contribution in [3.8, 4) is 6.07 Å². The molecule has 2 aromatic rings. The minimum absolute atomic E-state index is 0.0204. The van der Waals surface area contributed by atoms with E-state index in [1.165, 1.54) is 24.0 Å². The van der Waals surface area contributed by atoms with Crippen molar-refractivity contribution >= 4 is 23.0 Å². The lowest BCUT2D eigenvalue weighted by molar-refractivity contribution is -0.117. The van der Waals surface area contributed by atoms with Gasteiger partial charge in [-0.3, -0.25) is 4.79 Å². The van der Waals surface area contributed by atoms with E-state index in [9.17, 15) is 4.79 Å².